The quantitative estimate of drug-likeness (QED) is 0.725. The van der Waals surface area contributed by atoms with E-state index in [-0.39, 0.29) is 17.1 Å². The Kier molecular flexibility index (Phi) is 3.00. The van der Waals surface area contributed by atoms with Crippen molar-refractivity contribution in [2.45, 2.75) is 0 Å². The number of aromatic amines is 1. The van der Waals surface area contributed by atoms with Crippen LogP contribution in [0.25, 0.3) is 0 Å². The highest BCUT2D eigenvalue weighted by molar-refractivity contribution is 6.02. The molecule has 4 N–H and O–H groups in total. The predicted molar refractivity (Wildman–Crippen MR) is 59.3 cm³/mol. The van der Waals surface area contributed by atoms with Crippen LogP contribution in [0.15, 0.2) is 24.5 Å². The third kappa shape index (κ3) is 2.32. The first-order valence-corrected chi connectivity index (χ1v) is 4.84. The molecule has 1 aromatic carbocycles. The van der Waals surface area contributed by atoms with Crippen LogP contribution >= 0.6 is 0 Å². The Hall–Kier alpha value is -2.77. The molecule has 1 heterocycles. The molecule has 92 valence electrons. The smallest absolute Gasteiger partial charge is 0.293 e. The summed E-state index contributed by atoms with van der Waals surface area (Å²) in [5, 5.41) is 8.07. The lowest BCUT2D eigenvalue weighted by Crippen LogP contribution is -2.16. The molecule has 0 fully saturated rings. The van der Waals surface area contributed by atoms with Crippen molar-refractivity contribution in [1.82, 2.24) is 15.2 Å². The third-order valence-electron chi connectivity index (χ3n) is 2.13. The molecule has 0 bridgehead atoms. The van der Waals surface area contributed by atoms with Gasteiger partial charge in [0.2, 0.25) is 11.7 Å². The minimum Gasteiger partial charge on any atom is -0.366 e. The number of nitrogens with one attached hydrogen (secondary N) is 2. The second-order valence-electron chi connectivity index (χ2n) is 3.35. The molecule has 2 rings (SSSR count). The molecule has 18 heavy (non-hydrogen) atoms. The maximum atomic E-state index is 13.4. The van der Waals surface area contributed by atoms with Gasteiger partial charge in [0.25, 0.3) is 5.91 Å². The number of nitrogens with zero attached hydrogens (tertiary/aromatic N) is 2. The highest BCUT2D eigenvalue weighted by Crippen LogP contribution is 2.16. The molecule has 0 saturated heterocycles. The predicted octanol–water partition coefficient (Wildman–Crippen LogP) is 0.295. The number of carbonyl (C=O) groups excluding carboxylic acids is 2. The van der Waals surface area contributed by atoms with E-state index in [2.05, 4.69) is 20.5 Å². The number of H-pyrrole nitrogens is 1. The normalized spacial score (nSPS) is 10.1. The maximum absolute atomic E-state index is 13.4. The molecule has 0 atom stereocenters. The van der Waals surface area contributed by atoms with Crippen LogP contribution in [-0.4, -0.2) is 27.0 Å². The summed E-state index contributed by atoms with van der Waals surface area (Å²) < 4.78 is 13.4. The van der Waals surface area contributed by atoms with Gasteiger partial charge < -0.3 is 11.1 Å². The Morgan fingerprint density at radius 1 is 1.39 bits per heavy atom. The lowest BCUT2D eigenvalue weighted by atomic mass is 10.2. The van der Waals surface area contributed by atoms with Crippen molar-refractivity contribution in [3.8, 4) is 0 Å². The van der Waals surface area contributed by atoms with Gasteiger partial charge in [0.15, 0.2) is 0 Å². The van der Waals surface area contributed by atoms with Gasteiger partial charge in [0.05, 0.1) is 5.69 Å². The lowest BCUT2D eigenvalue weighted by Gasteiger charge is -2.05. The first kappa shape index (κ1) is 11.7. The van der Waals surface area contributed by atoms with E-state index < -0.39 is 17.6 Å². The maximum Gasteiger partial charge on any atom is 0.293 e. The molecule has 1 aromatic heterocycles. The summed E-state index contributed by atoms with van der Waals surface area (Å²) >= 11 is 0. The molecule has 2 amide bonds. The molecule has 2 aromatic rings. The molecule has 0 unspecified atom stereocenters. The second kappa shape index (κ2) is 4.62. The second-order valence-corrected chi connectivity index (χ2v) is 3.35. The fourth-order valence-corrected chi connectivity index (χ4v) is 1.27. The Morgan fingerprint density at radius 3 is 2.78 bits per heavy atom. The number of primary amides is 1. The summed E-state index contributed by atoms with van der Waals surface area (Å²) in [4.78, 5) is 26.1. The summed E-state index contributed by atoms with van der Waals surface area (Å²) in [6.07, 6.45) is 1.14. The Balaban J connectivity index is 2.26. The van der Waals surface area contributed by atoms with Gasteiger partial charge >= 0.3 is 0 Å². The standard InChI is InChI=1S/C10H8FN5O2/c11-6-2-1-5(8(12)17)3-7(6)15-10(18)9-13-4-14-16-9/h1-4H,(H2,12,17)(H,15,18)(H,13,14,16). The number of hydrogen-bond donors (Lipinski definition) is 3. The van der Waals surface area contributed by atoms with Crippen molar-refractivity contribution >= 4 is 17.5 Å². The van der Waals surface area contributed by atoms with Gasteiger partial charge in [-0.1, -0.05) is 0 Å². The van der Waals surface area contributed by atoms with Crippen LogP contribution in [-0.2, 0) is 0 Å². The number of nitrogens with two attached hydrogens (primary N) is 1. The Bertz CT molecular complexity index is 596. The van der Waals surface area contributed by atoms with Crippen LogP contribution in [0.2, 0.25) is 0 Å². The van der Waals surface area contributed by atoms with Crippen molar-refractivity contribution < 1.29 is 14.0 Å². The van der Waals surface area contributed by atoms with Gasteiger partial charge in [-0.25, -0.2) is 9.37 Å². The van der Waals surface area contributed by atoms with Gasteiger partial charge in [-0.05, 0) is 18.2 Å². The summed E-state index contributed by atoms with van der Waals surface area (Å²) in [5.41, 5.74) is 4.98. The van der Waals surface area contributed by atoms with Crippen LogP contribution in [0.5, 0.6) is 0 Å². The third-order valence-corrected chi connectivity index (χ3v) is 2.13. The van der Waals surface area contributed by atoms with Crippen LogP contribution in [0, 0.1) is 5.82 Å². The van der Waals surface area contributed by atoms with E-state index >= 15 is 0 Å². The van der Waals surface area contributed by atoms with Crippen LogP contribution in [0.4, 0.5) is 10.1 Å². The average molecular weight is 249 g/mol. The molecule has 0 spiro atoms. The van der Waals surface area contributed by atoms with Crippen molar-refractivity contribution in [3.05, 3.63) is 41.7 Å². The van der Waals surface area contributed by atoms with Crippen molar-refractivity contribution in [3.63, 3.8) is 0 Å². The highest BCUT2D eigenvalue weighted by Gasteiger charge is 2.13. The molecule has 0 aliphatic rings. The van der Waals surface area contributed by atoms with E-state index in [1.807, 2.05) is 0 Å². The lowest BCUT2D eigenvalue weighted by molar-refractivity contribution is 0.0994. The minimum atomic E-state index is -0.717. The molecular weight excluding hydrogens is 241 g/mol. The molecular formula is C10H8FN5O2. The Labute approximate surface area is 100 Å². The largest absolute Gasteiger partial charge is 0.366 e. The minimum absolute atomic E-state index is 0.0705. The summed E-state index contributed by atoms with van der Waals surface area (Å²) in [5.74, 6) is -2.15. The molecule has 0 aliphatic carbocycles. The monoisotopic (exact) mass is 249 g/mol. The number of benzene rings is 1. The number of anilines is 1. The van der Waals surface area contributed by atoms with Gasteiger partial charge in [-0.3, -0.25) is 14.7 Å². The highest BCUT2D eigenvalue weighted by atomic mass is 19.1. The fraction of sp³-hybridized carbons (Fsp3) is 0. The molecule has 7 nitrogen and oxygen atoms in total. The number of rotatable bonds is 3. The van der Waals surface area contributed by atoms with E-state index in [9.17, 15) is 14.0 Å². The van der Waals surface area contributed by atoms with Gasteiger partial charge in [0.1, 0.15) is 12.1 Å². The average Bonchev–Trinajstić information content (AvgIpc) is 2.85. The molecule has 0 aliphatic heterocycles. The number of carbonyl (C=O) groups is 2. The zero-order chi connectivity index (χ0) is 13.1. The number of halogens is 1. The van der Waals surface area contributed by atoms with E-state index in [1.165, 1.54) is 6.07 Å². The first-order valence-electron chi connectivity index (χ1n) is 4.84. The topological polar surface area (TPSA) is 114 Å². The SMILES string of the molecule is NC(=O)c1ccc(F)c(NC(=O)c2ncn[nH]2)c1. The summed E-state index contributed by atoms with van der Waals surface area (Å²) in [6, 6.07) is 3.41. The van der Waals surface area contributed by atoms with Crippen molar-refractivity contribution in [1.29, 1.82) is 0 Å². The number of aromatic nitrogens is 3. The zero-order valence-electron chi connectivity index (χ0n) is 8.98. The van der Waals surface area contributed by atoms with Crippen LogP contribution < -0.4 is 11.1 Å². The van der Waals surface area contributed by atoms with E-state index in [0.717, 1.165) is 18.5 Å². The van der Waals surface area contributed by atoms with E-state index in [4.69, 9.17) is 5.73 Å². The van der Waals surface area contributed by atoms with Crippen LogP contribution in [0.3, 0.4) is 0 Å². The Morgan fingerprint density at radius 2 is 2.17 bits per heavy atom. The van der Waals surface area contributed by atoms with Gasteiger partial charge in [-0.15, -0.1) is 0 Å². The fourth-order valence-electron chi connectivity index (χ4n) is 1.27. The number of amides is 2. The molecule has 0 saturated carbocycles. The van der Waals surface area contributed by atoms with Gasteiger partial charge in [-0.2, -0.15) is 5.10 Å². The van der Waals surface area contributed by atoms with Crippen LogP contribution in [0.1, 0.15) is 21.0 Å². The summed E-state index contributed by atoms with van der Waals surface area (Å²) in [7, 11) is 0. The first-order chi connectivity index (χ1) is 8.58. The molecule has 0 radical (unpaired) electrons. The van der Waals surface area contributed by atoms with Crippen molar-refractivity contribution in [2.24, 2.45) is 5.73 Å². The van der Waals surface area contributed by atoms with Gasteiger partial charge in [0, 0.05) is 5.56 Å². The zero-order valence-corrected chi connectivity index (χ0v) is 8.98. The summed E-state index contributed by atoms with van der Waals surface area (Å²) in [6.45, 7) is 0. The van der Waals surface area contributed by atoms with Crippen molar-refractivity contribution in [2.75, 3.05) is 5.32 Å². The number of hydrogen-bond acceptors (Lipinski definition) is 4. The van der Waals surface area contributed by atoms with E-state index in [1.54, 1.807) is 0 Å². The molecule has 8 heteroatoms. The van der Waals surface area contributed by atoms with E-state index in [0.29, 0.717) is 0 Å².